The van der Waals surface area contributed by atoms with E-state index in [1.807, 2.05) is 0 Å². The standard InChI is InChI=1S/C18H30O/c1-3-5-6-7-8-9-10-13-16-19-18-15-12-11-14-17(18)4-2/h11-12,14-15H,3-10,13,16H2,1-2H3. The van der Waals surface area contributed by atoms with Crippen LogP contribution in [0.2, 0.25) is 0 Å². The summed E-state index contributed by atoms with van der Waals surface area (Å²) in [6.07, 6.45) is 11.9. The van der Waals surface area contributed by atoms with Crippen molar-refractivity contribution in [2.45, 2.75) is 71.6 Å². The van der Waals surface area contributed by atoms with Crippen molar-refractivity contribution in [2.24, 2.45) is 0 Å². The quantitative estimate of drug-likeness (QED) is 0.460. The van der Waals surface area contributed by atoms with Crippen LogP contribution in [0.3, 0.4) is 0 Å². The fraction of sp³-hybridized carbons (Fsp3) is 0.667. The molecular formula is C18H30O. The molecule has 19 heavy (non-hydrogen) atoms. The zero-order valence-electron chi connectivity index (χ0n) is 12.8. The molecule has 0 heterocycles. The van der Waals surface area contributed by atoms with Crippen molar-refractivity contribution in [2.75, 3.05) is 6.61 Å². The summed E-state index contributed by atoms with van der Waals surface area (Å²) < 4.78 is 5.87. The second-order valence-corrected chi connectivity index (χ2v) is 5.28. The highest BCUT2D eigenvalue weighted by Crippen LogP contribution is 2.18. The van der Waals surface area contributed by atoms with Crippen molar-refractivity contribution in [1.29, 1.82) is 0 Å². The lowest BCUT2D eigenvalue weighted by molar-refractivity contribution is 0.301. The van der Waals surface area contributed by atoms with Crippen molar-refractivity contribution < 1.29 is 4.74 Å². The Bertz CT molecular complexity index is 319. The summed E-state index contributed by atoms with van der Waals surface area (Å²) in [5.41, 5.74) is 1.32. The zero-order chi connectivity index (χ0) is 13.8. The molecular weight excluding hydrogens is 232 g/mol. The van der Waals surface area contributed by atoms with Crippen LogP contribution < -0.4 is 4.74 Å². The minimum Gasteiger partial charge on any atom is -0.493 e. The molecule has 1 nitrogen and oxygen atoms in total. The first-order valence-electron chi connectivity index (χ1n) is 8.09. The van der Waals surface area contributed by atoms with Gasteiger partial charge in [-0.1, -0.05) is 77.0 Å². The van der Waals surface area contributed by atoms with Gasteiger partial charge in [0.15, 0.2) is 0 Å². The van der Waals surface area contributed by atoms with Crippen molar-refractivity contribution in [3.8, 4) is 5.75 Å². The summed E-state index contributed by atoms with van der Waals surface area (Å²) in [6.45, 7) is 5.32. The molecule has 0 fully saturated rings. The van der Waals surface area contributed by atoms with Gasteiger partial charge in [-0.25, -0.2) is 0 Å². The van der Waals surface area contributed by atoms with Gasteiger partial charge in [-0.05, 0) is 24.5 Å². The largest absolute Gasteiger partial charge is 0.493 e. The minimum absolute atomic E-state index is 0.867. The molecule has 0 radical (unpaired) electrons. The molecule has 0 aliphatic carbocycles. The van der Waals surface area contributed by atoms with Gasteiger partial charge in [0.05, 0.1) is 6.61 Å². The van der Waals surface area contributed by atoms with E-state index in [9.17, 15) is 0 Å². The van der Waals surface area contributed by atoms with E-state index in [4.69, 9.17) is 4.74 Å². The summed E-state index contributed by atoms with van der Waals surface area (Å²) in [4.78, 5) is 0. The maximum atomic E-state index is 5.87. The first-order chi connectivity index (χ1) is 9.38. The van der Waals surface area contributed by atoms with E-state index >= 15 is 0 Å². The normalized spacial score (nSPS) is 10.6. The van der Waals surface area contributed by atoms with Crippen molar-refractivity contribution in [3.63, 3.8) is 0 Å². The summed E-state index contributed by atoms with van der Waals surface area (Å²) in [5, 5.41) is 0. The van der Waals surface area contributed by atoms with E-state index in [2.05, 4.69) is 38.1 Å². The third kappa shape index (κ3) is 7.25. The van der Waals surface area contributed by atoms with Gasteiger partial charge >= 0.3 is 0 Å². The maximum absolute atomic E-state index is 5.87. The molecule has 0 saturated carbocycles. The van der Waals surface area contributed by atoms with Crippen LogP contribution in [0.4, 0.5) is 0 Å². The van der Waals surface area contributed by atoms with E-state index in [1.54, 1.807) is 0 Å². The Morgan fingerprint density at radius 2 is 1.42 bits per heavy atom. The number of unbranched alkanes of at least 4 members (excludes halogenated alkanes) is 7. The van der Waals surface area contributed by atoms with Crippen LogP contribution in [0.5, 0.6) is 5.75 Å². The Kier molecular flexibility index (Phi) is 9.22. The van der Waals surface area contributed by atoms with E-state index in [0.29, 0.717) is 0 Å². The Morgan fingerprint density at radius 1 is 0.789 bits per heavy atom. The number of rotatable bonds is 11. The Hall–Kier alpha value is -0.980. The second kappa shape index (κ2) is 10.9. The van der Waals surface area contributed by atoms with Gasteiger partial charge in [-0.15, -0.1) is 0 Å². The average Bonchev–Trinajstić information content (AvgIpc) is 2.46. The zero-order valence-corrected chi connectivity index (χ0v) is 12.8. The second-order valence-electron chi connectivity index (χ2n) is 5.28. The first-order valence-corrected chi connectivity index (χ1v) is 8.09. The smallest absolute Gasteiger partial charge is 0.122 e. The molecule has 0 spiro atoms. The molecule has 0 aromatic heterocycles. The van der Waals surface area contributed by atoms with Gasteiger partial charge in [-0.3, -0.25) is 0 Å². The topological polar surface area (TPSA) is 9.23 Å². The monoisotopic (exact) mass is 262 g/mol. The summed E-state index contributed by atoms with van der Waals surface area (Å²) >= 11 is 0. The first kappa shape index (κ1) is 16.1. The Balaban J connectivity index is 2.01. The lowest BCUT2D eigenvalue weighted by Crippen LogP contribution is -1.99. The highest BCUT2D eigenvalue weighted by Gasteiger charge is 1.99. The maximum Gasteiger partial charge on any atom is 0.122 e. The van der Waals surface area contributed by atoms with Gasteiger partial charge in [0.1, 0.15) is 5.75 Å². The van der Waals surface area contributed by atoms with Crippen LogP contribution in [0, 0.1) is 0 Å². The van der Waals surface area contributed by atoms with Crippen LogP contribution in [0.15, 0.2) is 24.3 Å². The lowest BCUT2D eigenvalue weighted by atomic mass is 10.1. The van der Waals surface area contributed by atoms with Gasteiger partial charge in [0.25, 0.3) is 0 Å². The Labute approximate surface area is 119 Å². The van der Waals surface area contributed by atoms with Crippen LogP contribution in [0.1, 0.15) is 70.8 Å². The highest BCUT2D eigenvalue weighted by atomic mass is 16.5. The molecule has 0 unspecified atom stereocenters. The number of benzene rings is 1. The predicted octanol–water partition coefficient (Wildman–Crippen LogP) is 5.77. The third-order valence-corrected chi connectivity index (χ3v) is 3.61. The predicted molar refractivity (Wildman–Crippen MR) is 83.9 cm³/mol. The number of aryl methyl sites for hydroxylation is 1. The van der Waals surface area contributed by atoms with Crippen LogP contribution >= 0.6 is 0 Å². The molecule has 0 bridgehead atoms. The number of hydrogen-bond donors (Lipinski definition) is 0. The molecule has 0 atom stereocenters. The van der Waals surface area contributed by atoms with Gasteiger partial charge in [-0.2, -0.15) is 0 Å². The minimum atomic E-state index is 0.867. The molecule has 108 valence electrons. The fourth-order valence-electron chi connectivity index (χ4n) is 2.35. The molecule has 0 N–H and O–H groups in total. The molecule has 1 aromatic carbocycles. The fourth-order valence-corrected chi connectivity index (χ4v) is 2.35. The molecule has 0 amide bonds. The molecule has 1 heteroatoms. The molecule has 0 aliphatic rings. The van der Waals surface area contributed by atoms with E-state index in [0.717, 1.165) is 18.8 Å². The molecule has 0 aliphatic heterocycles. The lowest BCUT2D eigenvalue weighted by Gasteiger charge is -2.10. The van der Waals surface area contributed by atoms with Crippen LogP contribution in [-0.2, 0) is 6.42 Å². The van der Waals surface area contributed by atoms with Crippen molar-refractivity contribution >= 4 is 0 Å². The van der Waals surface area contributed by atoms with E-state index in [-0.39, 0.29) is 0 Å². The van der Waals surface area contributed by atoms with E-state index in [1.165, 1.54) is 56.9 Å². The van der Waals surface area contributed by atoms with Gasteiger partial charge < -0.3 is 4.74 Å². The number of para-hydroxylation sites is 1. The summed E-state index contributed by atoms with van der Waals surface area (Å²) in [5.74, 6) is 1.08. The van der Waals surface area contributed by atoms with E-state index < -0.39 is 0 Å². The average molecular weight is 262 g/mol. The number of hydrogen-bond acceptors (Lipinski definition) is 1. The highest BCUT2D eigenvalue weighted by molar-refractivity contribution is 5.33. The van der Waals surface area contributed by atoms with Crippen LogP contribution in [-0.4, -0.2) is 6.61 Å². The third-order valence-electron chi connectivity index (χ3n) is 3.61. The van der Waals surface area contributed by atoms with Crippen molar-refractivity contribution in [1.82, 2.24) is 0 Å². The molecule has 1 aromatic rings. The SMILES string of the molecule is CCCCCCCCCCOc1ccccc1CC. The molecule has 0 saturated heterocycles. The number of ether oxygens (including phenoxy) is 1. The van der Waals surface area contributed by atoms with Gasteiger partial charge in [0.2, 0.25) is 0 Å². The molecule has 1 rings (SSSR count). The Morgan fingerprint density at radius 3 is 2.11 bits per heavy atom. The van der Waals surface area contributed by atoms with Crippen LogP contribution in [0.25, 0.3) is 0 Å². The summed E-state index contributed by atoms with van der Waals surface area (Å²) in [6, 6.07) is 8.39. The van der Waals surface area contributed by atoms with Crippen molar-refractivity contribution in [3.05, 3.63) is 29.8 Å². The summed E-state index contributed by atoms with van der Waals surface area (Å²) in [7, 11) is 0. The van der Waals surface area contributed by atoms with Gasteiger partial charge in [0, 0.05) is 0 Å².